The molecule has 1 aromatic heterocycles. The van der Waals surface area contributed by atoms with Crippen LogP contribution in [0.15, 0.2) is 65.7 Å². The van der Waals surface area contributed by atoms with E-state index in [-0.39, 0.29) is 10.8 Å². The second kappa shape index (κ2) is 8.10. The van der Waals surface area contributed by atoms with Gasteiger partial charge in [-0.15, -0.1) is 0 Å². The first kappa shape index (κ1) is 19.8. The van der Waals surface area contributed by atoms with Gasteiger partial charge in [-0.1, -0.05) is 41.9 Å². The normalized spacial score (nSPS) is 17.5. The Bertz CT molecular complexity index is 1140. The zero-order valence-corrected chi connectivity index (χ0v) is 17.2. The van der Waals surface area contributed by atoms with Crippen LogP contribution in [-0.4, -0.2) is 36.2 Å². The molecule has 2 heterocycles. The van der Waals surface area contributed by atoms with Crippen LogP contribution < -0.4 is 5.32 Å². The maximum atomic E-state index is 13.4. The molecule has 1 amide bonds. The molecule has 1 aliphatic rings. The second-order valence-electron chi connectivity index (χ2n) is 6.95. The van der Waals surface area contributed by atoms with Gasteiger partial charge in [0.15, 0.2) is 0 Å². The fraction of sp³-hybridized carbons (Fsp3) is 0.238. The largest absolute Gasteiger partial charge is 0.351 e. The van der Waals surface area contributed by atoms with Gasteiger partial charge in [-0.25, -0.2) is 8.42 Å². The molecule has 4 rings (SSSR count). The third-order valence-corrected chi connectivity index (χ3v) is 7.26. The summed E-state index contributed by atoms with van der Waals surface area (Å²) in [5.74, 6) is -0.297. The highest BCUT2D eigenvalue weighted by molar-refractivity contribution is 7.89. The van der Waals surface area contributed by atoms with E-state index >= 15 is 0 Å². The molecule has 29 heavy (non-hydrogen) atoms. The topological polar surface area (TPSA) is 79.4 Å². The van der Waals surface area contributed by atoms with Gasteiger partial charge in [-0.3, -0.25) is 9.78 Å². The van der Waals surface area contributed by atoms with Crippen LogP contribution in [0.3, 0.4) is 0 Å². The van der Waals surface area contributed by atoms with Crippen molar-refractivity contribution in [1.29, 1.82) is 0 Å². The third kappa shape index (κ3) is 3.99. The number of carbonyl (C=O) groups excluding carboxylic acids is 1. The van der Waals surface area contributed by atoms with E-state index in [4.69, 9.17) is 11.6 Å². The van der Waals surface area contributed by atoms with E-state index in [1.807, 2.05) is 24.3 Å². The Balaban J connectivity index is 1.56. The zero-order chi connectivity index (χ0) is 20.4. The molecule has 2 aromatic carbocycles. The fourth-order valence-corrected chi connectivity index (χ4v) is 5.56. The summed E-state index contributed by atoms with van der Waals surface area (Å²) in [6, 6.07) is 15.1. The number of fused-ring (bicyclic) bond motifs is 1. The number of para-hydroxylation sites is 1. The number of nitrogens with one attached hydrogen (secondary N) is 1. The summed E-state index contributed by atoms with van der Waals surface area (Å²) in [6.07, 6.45) is 2.70. The molecule has 1 aliphatic heterocycles. The molecule has 0 radical (unpaired) electrons. The van der Waals surface area contributed by atoms with E-state index in [1.165, 1.54) is 4.31 Å². The number of rotatable bonds is 5. The van der Waals surface area contributed by atoms with Gasteiger partial charge >= 0.3 is 0 Å². The smallest absolute Gasteiger partial charge is 0.245 e. The Morgan fingerprint density at radius 2 is 1.90 bits per heavy atom. The summed E-state index contributed by atoms with van der Waals surface area (Å²) in [7, 11) is -3.86. The molecule has 1 fully saturated rings. The van der Waals surface area contributed by atoms with Crippen LogP contribution in [0.5, 0.6) is 0 Å². The highest BCUT2D eigenvalue weighted by atomic mass is 35.5. The van der Waals surface area contributed by atoms with Crippen LogP contribution in [0.4, 0.5) is 0 Å². The quantitative estimate of drug-likeness (QED) is 0.674. The van der Waals surface area contributed by atoms with Gasteiger partial charge in [0.1, 0.15) is 10.9 Å². The lowest BCUT2D eigenvalue weighted by Gasteiger charge is -2.24. The molecule has 150 valence electrons. The highest BCUT2D eigenvalue weighted by Crippen LogP contribution is 2.29. The van der Waals surface area contributed by atoms with Crippen molar-refractivity contribution >= 4 is 38.4 Å². The van der Waals surface area contributed by atoms with E-state index in [2.05, 4.69) is 10.3 Å². The van der Waals surface area contributed by atoms with Crippen molar-refractivity contribution < 1.29 is 13.2 Å². The summed E-state index contributed by atoms with van der Waals surface area (Å²) in [5.41, 5.74) is 1.32. The van der Waals surface area contributed by atoms with E-state index in [0.717, 1.165) is 10.9 Å². The number of halogens is 1. The number of pyridine rings is 1. The van der Waals surface area contributed by atoms with Crippen LogP contribution in [0.25, 0.3) is 10.9 Å². The standard InChI is InChI=1S/C21H20ClN3O3S/c22-17-10-8-15(9-11-17)14-24-21(26)18-6-3-13-25(18)29(27,28)19-7-1-4-16-5-2-12-23-20(16)19/h1-2,4-5,7-12,18H,3,6,13-14H2,(H,24,26). The van der Waals surface area contributed by atoms with Gasteiger partial charge < -0.3 is 5.32 Å². The molecule has 1 saturated heterocycles. The number of amides is 1. The van der Waals surface area contributed by atoms with Gasteiger partial charge in [0, 0.05) is 29.7 Å². The maximum absolute atomic E-state index is 13.4. The number of benzene rings is 2. The number of hydrogen-bond acceptors (Lipinski definition) is 4. The molecule has 0 bridgehead atoms. The van der Waals surface area contributed by atoms with Crippen LogP contribution >= 0.6 is 11.6 Å². The van der Waals surface area contributed by atoms with Crippen LogP contribution in [0, 0.1) is 0 Å². The summed E-state index contributed by atoms with van der Waals surface area (Å²) in [4.78, 5) is 17.2. The minimum absolute atomic E-state index is 0.132. The number of nitrogens with zero attached hydrogens (tertiary/aromatic N) is 2. The first-order chi connectivity index (χ1) is 14.0. The number of sulfonamides is 1. The Morgan fingerprint density at radius 3 is 2.69 bits per heavy atom. The summed E-state index contributed by atoms with van der Waals surface area (Å²) < 4.78 is 28.0. The van der Waals surface area contributed by atoms with Gasteiger partial charge in [0.05, 0.1) is 5.52 Å². The molecule has 1 unspecified atom stereocenters. The Kier molecular flexibility index (Phi) is 5.54. The average Bonchev–Trinajstić information content (AvgIpc) is 3.24. The van der Waals surface area contributed by atoms with E-state index in [1.54, 1.807) is 36.5 Å². The molecular formula is C21H20ClN3O3S. The molecule has 8 heteroatoms. The van der Waals surface area contributed by atoms with Crippen molar-refractivity contribution in [2.45, 2.75) is 30.3 Å². The molecular weight excluding hydrogens is 410 g/mol. The first-order valence-electron chi connectivity index (χ1n) is 9.34. The molecule has 3 aromatic rings. The lowest BCUT2D eigenvalue weighted by atomic mass is 10.2. The molecule has 0 aliphatic carbocycles. The van der Waals surface area contributed by atoms with E-state index < -0.39 is 16.1 Å². The van der Waals surface area contributed by atoms with E-state index in [9.17, 15) is 13.2 Å². The molecule has 6 nitrogen and oxygen atoms in total. The van der Waals surface area contributed by atoms with Gasteiger partial charge in [-0.05, 0) is 42.7 Å². The fourth-order valence-electron chi connectivity index (χ4n) is 3.61. The Hall–Kier alpha value is -2.48. The van der Waals surface area contributed by atoms with Gasteiger partial charge in [-0.2, -0.15) is 4.31 Å². The van der Waals surface area contributed by atoms with Gasteiger partial charge in [0.2, 0.25) is 15.9 Å². The lowest BCUT2D eigenvalue weighted by Crippen LogP contribution is -2.45. The SMILES string of the molecule is O=C(NCc1ccc(Cl)cc1)C1CCCN1S(=O)(=O)c1cccc2cccnc12. The predicted octanol–water partition coefficient (Wildman–Crippen LogP) is 3.36. The summed E-state index contributed by atoms with van der Waals surface area (Å²) in [6.45, 7) is 0.626. The lowest BCUT2D eigenvalue weighted by molar-refractivity contribution is -0.124. The minimum atomic E-state index is -3.86. The number of carbonyl (C=O) groups is 1. The van der Waals surface area contributed by atoms with Crippen molar-refractivity contribution in [2.75, 3.05) is 6.54 Å². The Morgan fingerprint density at radius 1 is 1.14 bits per heavy atom. The van der Waals surface area contributed by atoms with Gasteiger partial charge in [0.25, 0.3) is 0 Å². The van der Waals surface area contributed by atoms with E-state index in [0.29, 0.717) is 36.5 Å². The maximum Gasteiger partial charge on any atom is 0.245 e. The van der Waals surface area contributed by atoms with Crippen LogP contribution in [0.1, 0.15) is 18.4 Å². The van der Waals surface area contributed by atoms with Crippen molar-refractivity contribution in [3.8, 4) is 0 Å². The first-order valence-corrected chi connectivity index (χ1v) is 11.2. The second-order valence-corrected chi connectivity index (χ2v) is 9.24. The zero-order valence-electron chi connectivity index (χ0n) is 15.6. The van der Waals surface area contributed by atoms with Crippen LogP contribution in [0.2, 0.25) is 5.02 Å². The van der Waals surface area contributed by atoms with Crippen molar-refractivity contribution in [2.24, 2.45) is 0 Å². The average molecular weight is 430 g/mol. The molecule has 1 atom stereocenters. The van der Waals surface area contributed by atoms with Crippen molar-refractivity contribution in [1.82, 2.24) is 14.6 Å². The number of hydrogen-bond donors (Lipinski definition) is 1. The third-order valence-electron chi connectivity index (χ3n) is 5.07. The molecule has 0 saturated carbocycles. The van der Waals surface area contributed by atoms with Crippen LogP contribution in [-0.2, 0) is 21.4 Å². The van der Waals surface area contributed by atoms with Crippen molar-refractivity contribution in [3.05, 3.63) is 71.4 Å². The summed E-state index contributed by atoms with van der Waals surface area (Å²) in [5, 5.41) is 4.22. The van der Waals surface area contributed by atoms with Crippen molar-refractivity contribution in [3.63, 3.8) is 0 Å². The predicted molar refractivity (Wildman–Crippen MR) is 112 cm³/mol. The molecule has 1 N–H and O–H groups in total. The number of aromatic nitrogens is 1. The highest BCUT2D eigenvalue weighted by Gasteiger charge is 2.40. The summed E-state index contributed by atoms with van der Waals surface area (Å²) >= 11 is 5.88. The monoisotopic (exact) mass is 429 g/mol. The Labute approximate surface area is 174 Å². The molecule has 0 spiro atoms. The minimum Gasteiger partial charge on any atom is -0.351 e.